The maximum atomic E-state index is 11.8. The van der Waals surface area contributed by atoms with E-state index in [0.717, 1.165) is 16.5 Å². The van der Waals surface area contributed by atoms with E-state index in [-0.39, 0.29) is 18.6 Å². The van der Waals surface area contributed by atoms with Gasteiger partial charge in [-0.1, -0.05) is 30.3 Å². The number of H-pyrrole nitrogens is 1. The Morgan fingerprint density at radius 1 is 1.36 bits per heavy atom. The van der Waals surface area contributed by atoms with Crippen molar-refractivity contribution in [2.75, 3.05) is 0 Å². The predicted octanol–water partition coefficient (Wildman–Crippen LogP) is 1.52. The zero-order valence-electron chi connectivity index (χ0n) is 12.0. The molecule has 0 aliphatic heterocycles. The Bertz CT molecular complexity index is 720. The Balaban J connectivity index is 2.19. The number of nitrogens with zero attached hydrogens (tertiary/aromatic N) is 1. The summed E-state index contributed by atoms with van der Waals surface area (Å²) < 4.78 is 0. The monoisotopic (exact) mass is 303 g/mol. The molecule has 0 aliphatic carbocycles. The quantitative estimate of drug-likeness (QED) is 0.368. The molecule has 1 aromatic carbocycles. The summed E-state index contributed by atoms with van der Waals surface area (Å²) in [7, 11) is 0. The lowest BCUT2D eigenvalue weighted by molar-refractivity contribution is -0.141. The molecule has 1 amide bonds. The summed E-state index contributed by atoms with van der Waals surface area (Å²) in [6.07, 6.45) is 2.07. The normalized spacial score (nSPS) is 13.0. The summed E-state index contributed by atoms with van der Waals surface area (Å²) in [6.45, 7) is 1.64. The summed E-state index contributed by atoms with van der Waals surface area (Å²) in [5, 5.41) is 24.2. The topological polar surface area (TPSA) is 115 Å². The van der Waals surface area contributed by atoms with Crippen molar-refractivity contribution in [1.29, 1.82) is 0 Å². The van der Waals surface area contributed by atoms with E-state index in [1.54, 1.807) is 13.1 Å². The summed E-state index contributed by atoms with van der Waals surface area (Å²) in [5.74, 6) is -1.83. The average molecular weight is 303 g/mol. The fourth-order valence-corrected chi connectivity index (χ4v) is 2.24. The van der Waals surface area contributed by atoms with Gasteiger partial charge in [-0.2, -0.15) is 0 Å². The van der Waals surface area contributed by atoms with Gasteiger partial charge in [0.1, 0.15) is 11.8 Å². The van der Waals surface area contributed by atoms with Crippen LogP contribution in [0.3, 0.4) is 0 Å². The maximum Gasteiger partial charge on any atom is 0.326 e. The lowest BCUT2D eigenvalue weighted by Crippen LogP contribution is -2.45. The van der Waals surface area contributed by atoms with E-state index in [2.05, 4.69) is 15.5 Å². The highest BCUT2D eigenvalue weighted by Crippen LogP contribution is 2.19. The molecule has 2 rings (SSSR count). The molecule has 22 heavy (non-hydrogen) atoms. The second-order valence-electron chi connectivity index (χ2n) is 4.83. The number of fused-ring (bicyclic) bond motifs is 1. The molecule has 0 unspecified atom stereocenters. The minimum absolute atomic E-state index is 0.106. The van der Waals surface area contributed by atoms with E-state index in [0.29, 0.717) is 0 Å². The van der Waals surface area contributed by atoms with Gasteiger partial charge in [0.05, 0.1) is 0 Å². The molecule has 7 nitrogen and oxygen atoms in total. The molecule has 1 aromatic heterocycles. The number of carbonyl (C=O) groups is 2. The fourth-order valence-electron chi connectivity index (χ4n) is 2.24. The third-order valence-corrected chi connectivity index (χ3v) is 3.42. The van der Waals surface area contributed by atoms with Crippen LogP contribution in [0.4, 0.5) is 0 Å². The van der Waals surface area contributed by atoms with E-state index < -0.39 is 17.9 Å². The van der Waals surface area contributed by atoms with Crippen molar-refractivity contribution in [3.63, 3.8) is 0 Å². The number of aromatic amines is 1. The van der Waals surface area contributed by atoms with E-state index in [4.69, 9.17) is 5.21 Å². The van der Waals surface area contributed by atoms with Gasteiger partial charge >= 0.3 is 5.97 Å². The van der Waals surface area contributed by atoms with Crippen molar-refractivity contribution in [3.8, 4) is 0 Å². The van der Waals surface area contributed by atoms with Gasteiger partial charge < -0.3 is 20.6 Å². The number of hydrogen-bond acceptors (Lipinski definition) is 4. The zero-order chi connectivity index (χ0) is 16.1. The first-order chi connectivity index (χ1) is 10.6. The fraction of sp³-hybridized carbons (Fsp3) is 0.267. The Labute approximate surface area is 126 Å². The van der Waals surface area contributed by atoms with E-state index >= 15 is 0 Å². The number of carbonyl (C=O) groups excluding carboxylic acids is 1. The molecule has 1 atom stereocenters. The molecule has 0 bridgehead atoms. The van der Waals surface area contributed by atoms with Crippen molar-refractivity contribution in [1.82, 2.24) is 10.3 Å². The molecule has 0 fully saturated rings. The third-order valence-electron chi connectivity index (χ3n) is 3.42. The molecule has 4 N–H and O–H groups in total. The second-order valence-corrected chi connectivity index (χ2v) is 4.83. The lowest BCUT2D eigenvalue weighted by atomic mass is 10.0. The Morgan fingerprint density at radius 2 is 2.09 bits per heavy atom. The van der Waals surface area contributed by atoms with Gasteiger partial charge in [0.2, 0.25) is 0 Å². The first-order valence-electron chi connectivity index (χ1n) is 6.86. The summed E-state index contributed by atoms with van der Waals surface area (Å²) in [4.78, 5) is 26.3. The number of rotatable bonds is 6. The van der Waals surface area contributed by atoms with Crippen LogP contribution in [0.25, 0.3) is 10.9 Å². The zero-order valence-corrected chi connectivity index (χ0v) is 12.0. The van der Waals surface area contributed by atoms with Crippen molar-refractivity contribution < 1.29 is 19.9 Å². The molecule has 0 saturated heterocycles. The van der Waals surface area contributed by atoms with Gasteiger partial charge in [-0.15, -0.1) is 0 Å². The predicted molar refractivity (Wildman–Crippen MR) is 81.1 cm³/mol. The van der Waals surface area contributed by atoms with Gasteiger partial charge in [-0.25, -0.2) is 4.79 Å². The number of para-hydroxylation sites is 1. The SMILES string of the molecule is CCC(=NO)C(=O)N[C@@H](Cc1c[nH]c2ccccc12)C(=O)O. The Kier molecular flexibility index (Phi) is 4.77. The highest BCUT2D eigenvalue weighted by Gasteiger charge is 2.23. The second kappa shape index (κ2) is 6.75. The number of hydrogen-bond donors (Lipinski definition) is 4. The standard InChI is InChI=1S/C15H17N3O4/c1-2-11(18-22)14(19)17-13(15(20)21)7-9-8-16-12-6-4-3-5-10(9)12/h3-6,8,13,16,22H,2,7H2,1H3,(H,17,19)(H,20,21)/t13-/m0/s1. The van der Waals surface area contributed by atoms with Crippen LogP contribution in [0, 0.1) is 0 Å². The summed E-state index contributed by atoms with van der Waals surface area (Å²) >= 11 is 0. The van der Waals surface area contributed by atoms with Gasteiger partial charge in [0.15, 0.2) is 0 Å². The minimum atomic E-state index is -1.15. The maximum absolute atomic E-state index is 11.8. The number of nitrogens with one attached hydrogen (secondary N) is 2. The molecule has 116 valence electrons. The first kappa shape index (κ1) is 15.6. The van der Waals surface area contributed by atoms with Crippen molar-refractivity contribution >= 4 is 28.5 Å². The number of aliphatic carboxylic acids is 1. The largest absolute Gasteiger partial charge is 0.480 e. The smallest absolute Gasteiger partial charge is 0.326 e. The number of carboxylic acid groups (broad SMARTS) is 1. The van der Waals surface area contributed by atoms with Crippen LogP contribution in [0.5, 0.6) is 0 Å². The molecule has 7 heteroatoms. The van der Waals surface area contributed by atoms with Crippen LogP contribution >= 0.6 is 0 Å². The van der Waals surface area contributed by atoms with Crippen LogP contribution in [0.15, 0.2) is 35.6 Å². The number of aromatic nitrogens is 1. The molecular formula is C15H17N3O4. The minimum Gasteiger partial charge on any atom is -0.480 e. The van der Waals surface area contributed by atoms with Gasteiger partial charge in [-0.3, -0.25) is 4.79 Å². The molecule has 0 saturated carbocycles. The molecule has 2 aromatic rings. The van der Waals surface area contributed by atoms with Crippen molar-refractivity contribution in [3.05, 3.63) is 36.0 Å². The van der Waals surface area contributed by atoms with E-state index in [1.807, 2.05) is 24.3 Å². The molecule has 0 aliphatic rings. The van der Waals surface area contributed by atoms with E-state index in [9.17, 15) is 14.7 Å². The molecular weight excluding hydrogens is 286 g/mol. The third kappa shape index (κ3) is 3.25. The van der Waals surface area contributed by atoms with Crippen LogP contribution < -0.4 is 5.32 Å². The highest BCUT2D eigenvalue weighted by molar-refractivity contribution is 6.38. The first-order valence-corrected chi connectivity index (χ1v) is 6.86. The lowest BCUT2D eigenvalue weighted by Gasteiger charge is -2.14. The number of benzene rings is 1. The van der Waals surface area contributed by atoms with Crippen LogP contribution in [-0.4, -0.2) is 38.9 Å². The van der Waals surface area contributed by atoms with E-state index in [1.165, 1.54) is 0 Å². The average Bonchev–Trinajstić information content (AvgIpc) is 2.91. The molecule has 1 heterocycles. The van der Waals surface area contributed by atoms with Gasteiger partial charge in [0.25, 0.3) is 5.91 Å². The van der Waals surface area contributed by atoms with Gasteiger partial charge in [-0.05, 0) is 18.1 Å². The van der Waals surface area contributed by atoms with Crippen LogP contribution in [0.1, 0.15) is 18.9 Å². The van der Waals surface area contributed by atoms with Crippen molar-refractivity contribution in [2.24, 2.45) is 5.16 Å². The van der Waals surface area contributed by atoms with Crippen LogP contribution in [0.2, 0.25) is 0 Å². The van der Waals surface area contributed by atoms with Crippen molar-refractivity contribution in [2.45, 2.75) is 25.8 Å². The number of oxime groups is 1. The Morgan fingerprint density at radius 3 is 2.73 bits per heavy atom. The molecule has 0 spiro atoms. The molecule has 0 radical (unpaired) electrons. The Hall–Kier alpha value is -2.83. The number of amides is 1. The highest BCUT2D eigenvalue weighted by atomic mass is 16.4. The summed E-state index contributed by atoms with van der Waals surface area (Å²) in [5.41, 5.74) is 1.59. The number of carboxylic acids is 1. The van der Waals surface area contributed by atoms with Gasteiger partial charge in [0, 0.05) is 23.5 Å². The van der Waals surface area contributed by atoms with Crippen LogP contribution in [-0.2, 0) is 16.0 Å². The summed E-state index contributed by atoms with van der Waals surface area (Å²) in [6, 6.07) is 6.41.